The van der Waals surface area contributed by atoms with Crippen LogP contribution >= 0.6 is 0 Å². The minimum absolute atomic E-state index is 0.0254. The van der Waals surface area contributed by atoms with Crippen LogP contribution in [0.15, 0.2) is 58.3 Å². The normalized spacial score (nSPS) is 15.6. The number of carbonyl (C=O) groups is 1. The molecule has 0 aromatic heterocycles. The van der Waals surface area contributed by atoms with Crippen molar-refractivity contribution in [2.75, 3.05) is 25.0 Å². The van der Waals surface area contributed by atoms with Gasteiger partial charge in [0.15, 0.2) is 0 Å². The molecule has 2 aromatic rings. The monoisotopic (exact) mass is 455 g/mol. The van der Waals surface area contributed by atoms with Gasteiger partial charge in [0.25, 0.3) is 0 Å². The van der Waals surface area contributed by atoms with Crippen molar-refractivity contribution in [1.29, 1.82) is 0 Å². The van der Waals surface area contributed by atoms with E-state index in [2.05, 4.69) is 10.0 Å². The van der Waals surface area contributed by atoms with Crippen LogP contribution in [0.3, 0.4) is 0 Å². The fourth-order valence-corrected chi connectivity index (χ4v) is 5.53. The highest BCUT2D eigenvalue weighted by Crippen LogP contribution is 2.22. The first-order valence-corrected chi connectivity index (χ1v) is 12.3. The van der Waals surface area contributed by atoms with Crippen molar-refractivity contribution >= 4 is 31.6 Å². The predicted octanol–water partition coefficient (Wildman–Crippen LogP) is 1.92. The molecule has 0 radical (unpaired) electrons. The SMILES string of the molecule is O=C(CNS(=O)(=O)c1ccc(S(=O)(=O)N2CCCCC2)cc1)Nc1ccc(F)cc1. The van der Waals surface area contributed by atoms with Gasteiger partial charge in [-0.3, -0.25) is 4.79 Å². The Balaban J connectivity index is 1.63. The van der Waals surface area contributed by atoms with Gasteiger partial charge in [0.2, 0.25) is 26.0 Å². The van der Waals surface area contributed by atoms with Crippen molar-refractivity contribution in [2.45, 2.75) is 29.1 Å². The van der Waals surface area contributed by atoms with Crippen LogP contribution in [-0.4, -0.2) is 46.7 Å². The van der Waals surface area contributed by atoms with Crippen molar-refractivity contribution in [3.8, 4) is 0 Å². The van der Waals surface area contributed by atoms with Crippen LogP contribution in [0.4, 0.5) is 10.1 Å². The molecule has 30 heavy (non-hydrogen) atoms. The fraction of sp³-hybridized carbons (Fsp3) is 0.316. The van der Waals surface area contributed by atoms with Crippen LogP contribution in [0.1, 0.15) is 19.3 Å². The van der Waals surface area contributed by atoms with Crippen molar-refractivity contribution in [3.05, 3.63) is 54.3 Å². The quantitative estimate of drug-likeness (QED) is 0.662. The first-order valence-electron chi connectivity index (χ1n) is 9.34. The predicted molar refractivity (Wildman–Crippen MR) is 109 cm³/mol. The van der Waals surface area contributed by atoms with Crippen LogP contribution in [0.2, 0.25) is 0 Å². The molecule has 8 nitrogen and oxygen atoms in total. The molecule has 0 saturated carbocycles. The fourth-order valence-electron chi connectivity index (χ4n) is 3.03. The molecule has 1 heterocycles. The zero-order chi connectivity index (χ0) is 21.8. The van der Waals surface area contributed by atoms with E-state index in [0.717, 1.165) is 19.3 Å². The number of rotatable bonds is 7. The molecule has 162 valence electrons. The van der Waals surface area contributed by atoms with Gasteiger partial charge in [0.05, 0.1) is 16.3 Å². The zero-order valence-corrected chi connectivity index (χ0v) is 17.7. The van der Waals surface area contributed by atoms with Crippen LogP contribution in [0.25, 0.3) is 0 Å². The molecular weight excluding hydrogens is 433 g/mol. The average molecular weight is 456 g/mol. The average Bonchev–Trinajstić information content (AvgIpc) is 2.75. The van der Waals surface area contributed by atoms with E-state index < -0.39 is 38.3 Å². The highest BCUT2D eigenvalue weighted by molar-refractivity contribution is 7.89. The van der Waals surface area contributed by atoms with Gasteiger partial charge < -0.3 is 5.32 Å². The second-order valence-corrected chi connectivity index (χ2v) is 10.5. The third kappa shape index (κ3) is 5.42. The lowest BCUT2D eigenvalue weighted by Crippen LogP contribution is -2.35. The summed E-state index contributed by atoms with van der Waals surface area (Å²) in [6.07, 6.45) is 2.59. The van der Waals surface area contributed by atoms with Gasteiger partial charge in [-0.15, -0.1) is 0 Å². The van der Waals surface area contributed by atoms with Crippen LogP contribution in [0.5, 0.6) is 0 Å². The molecule has 2 N–H and O–H groups in total. The molecular formula is C19H22FN3O5S2. The van der Waals surface area contributed by atoms with E-state index in [1.54, 1.807) is 0 Å². The third-order valence-corrected chi connectivity index (χ3v) is 7.97. The van der Waals surface area contributed by atoms with Crippen LogP contribution in [-0.2, 0) is 24.8 Å². The Labute approximate surface area is 175 Å². The minimum Gasteiger partial charge on any atom is -0.325 e. The Morgan fingerprint density at radius 2 is 1.43 bits per heavy atom. The van der Waals surface area contributed by atoms with Crippen molar-refractivity contribution in [1.82, 2.24) is 9.03 Å². The van der Waals surface area contributed by atoms with Crippen molar-refractivity contribution in [3.63, 3.8) is 0 Å². The van der Waals surface area contributed by atoms with Crippen LogP contribution < -0.4 is 10.0 Å². The number of halogens is 1. The second-order valence-electron chi connectivity index (χ2n) is 6.82. The van der Waals surface area contributed by atoms with Gasteiger partial charge in [0, 0.05) is 18.8 Å². The van der Waals surface area contributed by atoms with E-state index in [9.17, 15) is 26.0 Å². The number of amides is 1. The van der Waals surface area contributed by atoms with E-state index in [0.29, 0.717) is 18.8 Å². The summed E-state index contributed by atoms with van der Waals surface area (Å²) >= 11 is 0. The molecule has 0 atom stereocenters. The molecule has 1 aliphatic heterocycles. The van der Waals surface area contributed by atoms with Crippen LogP contribution in [0, 0.1) is 5.82 Å². The smallest absolute Gasteiger partial charge is 0.243 e. The maximum atomic E-state index is 12.9. The molecule has 2 aromatic carbocycles. The summed E-state index contributed by atoms with van der Waals surface area (Å²) in [5.41, 5.74) is 0.327. The third-order valence-electron chi connectivity index (χ3n) is 4.64. The molecule has 0 unspecified atom stereocenters. The molecule has 1 amide bonds. The summed E-state index contributed by atoms with van der Waals surface area (Å²) in [6, 6.07) is 9.91. The number of nitrogens with one attached hydrogen (secondary N) is 2. The maximum Gasteiger partial charge on any atom is 0.243 e. The molecule has 3 rings (SSSR count). The summed E-state index contributed by atoms with van der Waals surface area (Å²) < 4.78 is 66.5. The zero-order valence-electron chi connectivity index (χ0n) is 16.0. The summed E-state index contributed by atoms with van der Waals surface area (Å²) in [4.78, 5) is 11.8. The molecule has 11 heteroatoms. The van der Waals surface area contributed by atoms with E-state index in [1.165, 1.54) is 52.8 Å². The minimum atomic E-state index is -4.02. The van der Waals surface area contributed by atoms with Gasteiger partial charge >= 0.3 is 0 Å². The maximum absolute atomic E-state index is 12.9. The lowest BCUT2D eigenvalue weighted by atomic mass is 10.2. The van der Waals surface area contributed by atoms with E-state index in [-0.39, 0.29) is 9.79 Å². The Kier molecular flexibility index (Phi) is 6.86. The Hall–Kier alpha value is -2.34. The van der Waals surface area contributed by atoms with Gasteiger partial charge in [0.1, 0.15) is 5.82 Å². The number of nitrogens with zero attached hydrogens (tertiary/aromatic N) is 1. The second kappa shape index (κ2) is 9.21. The van der Waals surface area contributed by atoms with Crippen molar-refractivity contribution in [2.24, 2.45) is 0 Å². The first kappa shape index (κ1) is 22.3. The summed E-state index contributed by atoms with van der Waals surface area (Å²) in [7, 11) is -7.68. The summed E-state index contributed by atoms with van der Waals surface area (Å²) in [5.74, 6) is -1.09. The molecule has 0 aliphatic carbocycles. The number of benzene rings is 2. The highest BCUT2D eigenvalue weighted by atomic mass is 32.2. The number of anilines is 1. The molecule has 1 aliphatic rings. The highest BCUT2D eigenvalue weighted by Gasteiger charge is 2.26. The number of hydrogen-bond donors (Lipinski definition) is 2. The molecule has 0 bridgehead atoms. The number of sulfonamides is 2. The Morgan fingerprint density at radius 3 is 2.03 bits per heavy atom. The lowest BCUT2D eigenvalue weighted by molar-refractivity contribution is -0.115. The van der Waals surface area contributed by atoms with Gasteiger partial charge in [-0.25, -0.2) is 25.9 Å². The lowest BCUT2D eigenvalue weighted by Gasteiger charge is -2.25. The summed E-state index contributed by atoms with van der Waals surface area (Å²) in [5, 5.41) is 2.44. The van der Waals surface area contributed by atoms with Gasteiger partial charge in [-0.1, -0.05) is 6.42 Å². The van der Waals surface area contributed by atoms with E-state index in [1.807, 2.05) is 0 Å². The number of piperidine rings is 1. The molecule has 1 fully saturated rings. The number of carbonyl (C=O) groups excluding carboxylic acids is 1. The Bertz CT molecular complexity index is 1100. The summed E-state index contributed by atoms with van der Waals surface area (Å²) in [6.45, 7) is 0.369. The molecule has 0 spiro atoms. The van der Waals surface area contributed by atoms with Gasteiger partial charge in [-0.05, 0) is 61.4 Å². The van der Waals surface area contributed by atoms with Crippen molar-refractivity contribution < 1.29 is 26.0 Å². The van der Waals surface area contributed by atoms with Gasteiger partial charge in [-0.2, -0.15) is 4.31 Å². The Morgan fingerprint density at radius 1 is 0.867 bits per heavy atom. The largest absolute Gasteiger partial charge is 0.325 e. The van der Waals surface area contributed by atoms with E-state index in [4.69, 9.17) is 0 Å². The first-order chi connectivity index (χ1) is 14.2. The topological polar surface area (TPSA) is 113 Å². The number of hydrogen-bond acceptors (Lipinski definition) is 5. The standard InChI is InChI=1S/C19H22FN3O5S2/c20-15-4-6-16(7-5-15)22-19(24)14-21-29(25,26)17-8-10-18(11-9-17)30(27,28)23-12-2-1-3-13-23/h4-11,21H,1-3,12-14H2,(H,22,24). The molecule has 1 saturated heterocycles. The van der Waals surface area contributed by atoms with E-state index >= 15 is 0 Å².